The molecule has 0 bridgehead atoms. The Balaban J connectivity index is 1.52. The third-order valence-electron chi connectivity index (χ3n) is 4.49. The van der Waals surface area contributed by atoms with Crippen molar-refractivity contribution in [1.29, 1.82) is 0 Å². The van der Waals surface area contributed by atoms with Gasteiger partial charge in [0.25, 0.3) is 5.56 Å². The van der Waals surface area contributed by atoms with Crippen molar-refractivity contribution in [2.24, 2.45) is 7.05 Å². The first-order valence-electron chi connectivity index (χ1n) is 9.15. The van der Waals surface area contributed by atoms with Crippen LogP contribution in [0.25, 0.3) is 16.8 Å². The van der Waals surface area contributed by atoms with Crippen LogP contribution in [0.5, 0.6) is 0 Å². The molecule has 8 heteroatoms. The predicted molar refractivity (Wildman–Crippen MR) is 113 cm³/mol. The molecular weight excluding hydrogens is 391 g/mol. The Morgan fingerprint density at radius 2 is 1.86 bits per heavy atom. The van der Waals surface area contributed by atoms with Gasteiger partial charge in [0.1, 0.15) is 11.5 Å². The molecule has 1 N–H and O–H groups in total. The van der Waals surface area contributed by atoms with Crippen molar-refractivity contribution in [1.82, 2.24) is 9.55 Å². The molecule has 0 saturated carbocycles. The zero-order chi connectivity index (χ0) is 20.9. The maximum atomic E-state index is 12.4. The van der Waals surface area contributed by atoms with Gasteiger partial charge in [-0.25, -0.2) is 4.98 Å². The zero-order valence-electron chi connectivity index (χ0n) is 16.2. The predicted octanol–water partition coefficient (Wildman–Crippen LogP) is 3.71. The molecule has 0 aliphatic rings. The monoisotopic (exact) mass is 414 g/mol. The van der Waals surface area contributed by atoms with Crippen LogP contribution in [0, 0.1) is 0 Å². The molecule has 1 unspecified atom stereocenters. The van der Waals surface area contributed by atoms with Crippen LogP contribution < -0.4 is 5.56 Å². The number of aryl methyl sites for hydroxylation is 2. The second-order valence-corrected chi connectivity index (χ2v) is 8.54. The number of aromatic nitrogens is 2. The lowest BCUT2D eigenvalue weighted by Gasteiger charge is -2.14. The van der Waals surface area contributed by atoms with Crippen LogP contribution in [-0.2, 0) is 27.3 Å². The fourth-order valence-corrected chi connectivity index (χ4v) is 3.80. The lowest BCUT2D eigenvalue weighted by atomic mass is 10.2. The molecule has 3 rings (SSSR count). The third kappa shape index (κ3) is 5.41. The van der Waals surface area contributed by atoms with E-state index in [1.165, 1.54) is 4.57 Å². The highest BCUT2D eigenvalue weighted by Crippen LogP contribution is 2.42. The van der Waals surface area contributed by atoms with Crippen LogP contribution in [-0.4, -0.2) is 27.4 Å². The Hall–Kier alpha value is -2.73. The van der Waals surface area contributed by atoms with E-state index in [2.05, 4.69) is 11.6 Å². The summed E-state index contributed by atoms with van der Waals surface area (Å²) < 4.78 is 24.0. The van der Waals surface area contributed by atoms with Crippen molar-refractivity contribution >= 4 is 24.4 Å². The van der Waals surface area contributed by atoms with Crippen molar-refractivity contribution in [2.45, 2.75) is 12.8 Å². The summed E-state index contributed by atoms with van der Waals surface area (Å²) in [5.41, 5.74) is 2.37. The van der Waals surface area contributed by atoms with Crippen LogP contribution in [0.4, 0.5) is 0 Å². The highest BCUT2D eigenvalue weighted by atomic mass is 31.2. The number of fused-ring (bicyclic) bond motifs is 1. The van der Waals surface area contributed by atoms with E-state index in [9.17, 15) is 14.3 Å². The number of hydrogen-bond donors (Lipinski definition) is 1. The Bertz CT molecular complexity index is 1110. The summed E-state index contributed by atoms with van der Waals surface area (Å²) in [5.74, 6) is 0.356. The molecule has 0 saturated heterocycles. The summed E-state index contributed by atoms with van der Waals surface area (Å²) in [7, 11) is -2.17. The quantitative estimate of drug-likeness (QED) is 0.326. The topological polar surface area (TPSA) is 90.7 Å². The molecule has 0 aliphatic heterocycles. The van der Waals surface area contributed by atoms with Crippen molar-refractivity contribution in [3.05, 3.63) is 82.8 Å². The molecule has 152 valence electrons. The summed E-state index contributed by atoms with van der Waals surface area (Å²) in [6, 6.07) is 16.5. The number of nitrogens with zero attached hydrogens (tertiary/aromatic N) is 2. The van der Waals surface area contributed by atoms with Gasteiger partial charge in [0.2, 0.25) is 0 Å². The Kier molecular flexibility index (Phi) is 6.64. The second-order valence-electron chi connectivity index (χ2n) is 6.56. The van der Waals surface area contributed by atoms with E-state index in [-0.39, 0.29) is 31.4 Å². The molecule has 29 heavy (non-hydrogen) atoms. The Labute approximate surface area is 168 Å². The first-order chi connectivity index (χ1) is 13.9. The number of benzene rings is 2. The van der Waals surface area contributed by atoms with Gasteiger partial charge in [-0.05, 0) is 25.0 Å². The fraction of sp³-hybridized carbons (Fsp3) is 0.238. The van der Waals surface area contributed by atoms with Gasteiger partial charge >= 0.3 is 7.60 Å². The summed E-state index contributed by atoms with van der Waals surface area (Å²) in [5, 5.41) is 0. The summed E-state index contributed by atoms with van der Waals surface area (Å²) >= 11 is 0. The van der Waals surface area contributed by atoms with Crippen LogP contribution in [0.3, 0.4) is 0 Å². The lowest BCUT2D eigenvalue weighted by Crippen LogP contribution is -2.23. The molecule has 3 aromatic rings. The van der Waals surface area contributed by atoms with Crippen LogP contribution in [0.15, 0.2) is 66.0 Å². The van der Waals surface area contributed by atoms with Gasteiger partial charge in [-0.3, -0.25) is 13.9 Å². The number of rotatable bonds is 9. The molecule has 0 spiro atoms. The third-order valence-corrected chi connectivity index (χ3v) is 5.88. The molecular formula is C21H23N2O5P. The Morgan fingerprint density at radius 3 is 2.62 bits per heavy atom. The lowest BCUT2D eigenvalue weighted by molar-refractivity contribution is 0.0842. The van der Waals surface area contributed by atoms with Crippen LogP contribution >= 0.6 is 7.60 Å². The highest BCUT2D eigenvalue weighted by molar-refractivity contribution is 7.52. The first-order valence-corrected chi connectivity index (χ1v) is 10.9. The minimum absolute atomic E-state index is 0.105. The Morgan fingerprint density at radius 1 is 1.17 bits per heavy atom. The average Bonchev–Trinajstić information content (AvgIpc) is 2.72. The minimum Gasteiger partial charge on any atom is -0.467 e. The molecule has 1 aromatic heterocycles. The van der Waals surface area contributed by atoms with E-state index in [0.717, 1.165) is 11.1 Å². The first kappa shape index (κ1) is 21.0. The number of hydrogen-bond acceptors (Lipinski definition) is 5. The molecule has 0 radical (unpaired) electrons. The molecule has 0 amide bonds. The largest absolute Gasteiger partial charge is 0.467 e. The minimum atomic E-state index is -3.86. The molecule has 0 fully saturated rings. The standard InChI is InChI=1S/C21H23N2O5P/c1-16(17-9-4-3-5-10-17)27-15-28-29(25,26)14-8-12-19-21(24)23(2)20-13-7-6-11-18(20)22-19/h3-7,9-11,13H,1,8,12,14-15H2,2H3,(H,25,26). The van der Waals surface area contributed by atoms with E-state index >= 15 is 0 Å². The van der Waals surface area contributed by atoms with Crippen molar-refractivity contribution < 1.29 is 18.7 Å². The normalized spacial score (nSPS) is 13.2. The summed E-state index contributed by atoms with van der Waals surface area (Å²) in [6.45, 7) is 3.39. The van der Waals surface area contributed by atoms with E-state index < -0.39 is 7.60 Å². The van der Waals surface area contributed by atoms with E-state index in [4.69, 9.17) is 9.26 Å². The molecule has 7 nitrogen and oxygen atoms in total. The SMILES string of the molecule is C=C(OCOP(=O)(O)CCCc1nc2ccccc2n(C)c1=O)c1ccccc1. The second kappa shape index (κ2) is 9.18. The van der Waals surface area contributed by atoms with Crippen LogP contribution in [0.1, 0.15) is 17.7 Å². The average molecular weight is 414 g/mol. The van der Waals surface area contributed by atoms with Gasteiger partial charge in [-0.2, -0.15) is 0 Å². The van der Waals surface area contributed by atoms with Gasteiger partial charge < -0.3 is 14.2 Å². The van der Waals surface area contributed by atoms with E-state index in [1.807, 2.05) is 54.6 Å². The van der Waals surface area contributed by atoms with Crippen LogP contribution in [0.2, 0.25) is 0 Å². The van der Waals surface area contributed by atoms with Gasteiger partial charge in [0.15, 0.2) is 6.79 Å². The van der Waals surface area contributed by atoms with Crippen molar-refractivity contribution in [3.8, 4) is 0 Å². The maximum Gasteiger partial charge on any atom is 0.331 e. The van der Waals surface area contributed by atoms with Gasteiger partial charge in [0, 0.05) is 12.6 Å². The van der Waals surface area contributed by atoms with Gasteiger partial charge in [-0.1, -0.05) is 49.0 Å². The number of ether oxygens (including phenoxy) is 1. The summed E-state index contributed by atoms with van der Waals surface area (Å²) in [4.78, 5) is 26.8. The van der Waals surface area contributed by atoms with Gasteiger partial charge in [0.05, 0.1) is 17.2 Å². The zero-order valence-corrected chi connectivity index (χ0v) is 17.0. The summed E-state index contributed by atoms with van der Waals surface area (Å²) in [6.07, 6.45) is 0.461. The molecule has 1 heterocycles. The van der Waals surface area contributed by atoms with Gasteiger partial charge in [-0.15, -0.1) is 0 Å². The molecule has 0 aliphatic carbocycles. The highest BCUT2D eigenvalue weighted by Gasteiger charge is 2.20. The molecule has 1 atom stereocenters. The van der Waals surface area contributed by atoms with E-state index in [0.29, 0.717) is 17.0 Å². The number of para-hydroxylation sites is 2. The fourth-order valence-electron chi connectivity index (χ4n) is 2.90. The molecule has 2 aromatic carbocycles. The van der Waals surface area contributed by atoms with Crippen molar-refractivity contribution in [2.75, 3.05) is 13.0 Å². The van der Waals surface area contributed by atoms with Crippen molar-refractivity contribution in [3.63, 3.8) is 0 Å². The maximum absolute atomic E-state index is 12.4. The van der Waals surface area contributed by atoms with E-state index in [1.54, 1.807) is 7.05 Å². The smallest absolute Gasteiger partial charge is 0.331 e.